The number of rotatable bonds is 5. The summed E-state index contributed by atoms with van der Waals surface area (Å²) in [5.41, 5.74) is 0. The first-order chi connectivity index (χ1) is 8.82. The molecule has 0 unspecified atom stereocenters. The molecule has 8 heteroatoms. The number of carbonyl (C=O) groups excluding carboxylic acids is 1. The Balaban J connectivity index is 3.17. The van der Waals surface area contributed by atoms with Crippen molar-refractivity contribution in [1.82, 2.24) is 9.62 Å². The maximum atomic E-state index is 12.4. The highest BCUT2D eigenvalue weighted by Gasteiger charge is 2.26. The number of likely N-dealkylation sites (N-methyl/N-ethyl adjacent to an activating group) is 2. The Hall–Kier alpha value is -0.440. The molecule has 0 spiro atoms. The van der Waals surface area contributed by atoms with Crippen molar-refractivity contribution in [1.29, 1.82) is 0 Å². The van der Waals surface area contributed by atoms with Gasteiger partial charge in [-0.15, -0.1) is 0 Å². The molecule has 0 atom stereocenters. The van der Waals surface area contributed by atoms with E-state index in [0.29, 0.717) is 4.47 Å². The lowest BCUT2D eigenvalue weighted by Gasteiger charge is -2.20. The summed E-state index contributed by atoms with van der Waals surface area (Å²) < 4.78 is 27.2. The Bertz CT molecular complexity index is 575. The standard InChI is InChI=1S/C11H14Br2N2O3S/c1-3-15(7-11(16)14-2)19(17,18)10-5-4-8(12)6-9(10)13/h4-6H,3,7H2,1-2H3,(H,14,16). The molecule has 106 valence electrons. The molecule has 0 fully saturated rings. The van der Waals surface area contributed by atoms with Crippen LogP contribution < -0.4 is 5.32 Å². The lowest BCUT2D eigenvalue weighted by atomic mass is 10.4. The maximum Gasteiger partial charge on any atom is 0.244 e. The molecule has 0 radical (unpaired) electrons. The molecule has 0 saturated carbocycles. The van der Waals surface area contributed by atoms with E-state index in [1.54, 1.807) is 19.1 Å². The first-order valence-electron chi connectivity index (χ1n) is 5.48. The molecule has 0 saturated heterocycles. The molecule has 0 heterocycles. The molecule has 5 nitrogen and oxygen atoms in total. The van der Waals surface area contributed by atoms with Crippen LogP contribution in [0.4, 0.5) is 0 Å². The minimum Gasteiger partial charge on any atom is -0.358 e. The predicted molar refractivity (Wildman–Crippen MR) is 80.3 cm³/mol. The van der Waals surface area contributed by atoms with Gasteiger partial charge in [-0.2, -0.15) is 4.31 Å². The Labute approximate surface area is 129 Å². The van der Waals surface area contributed by atoms with Gasteiger partial charge in [-0.05, 0) is 34.1 Å². The summed E-state index contributed by atoms with van der Waals surface area (Å²) in [4.78, 5) is 11.5. The van der Waals surface area contributed by atoms with Crippen LogP contribution >= 0.6 is 31.9 Å². The van der Waals surface area contributed by atoms with Crippen LogP contribution in [0.3, 0.4) is 0 Å². The quantitative estimate of drug-likeness (QED) is 0.802. The van der Waals surface area contributed by atoms with Gasteiger partial charge in [0.25, 0.3) is 0 Å². The molecular formula is C11H14Br2N2O3S. The molecule has 19 heavy (non-hydrogen) atoms. The molecule has 0 aliphatic carbocycles. The number of nitrogens with zero attached hydrogens (tertiary/aromatic N) is 1. The summed E-state index contributed by atoms with van der Waals surface area (Å²) in [6, 6.07) is 4.79. The third kappa shape index (κ3) is 4.01. The van der Waals surface area contributed by atoms with Crippen molar-refractivity contribution in [3.8, 4) is 0 Å². The fourth-order valence-electron chi connectivity index (χ4n) is 1.43. The molecule has 1 aromatic carbocycles. The summed E-state index contributed by atoms with van der Waals surface area (Å²) in [6.07, 6.45) is 0. The van der Waals surface area contributed by atoms with Gasteiger partial charge in [-0.1, -0.05) is 22.9 Å². The molecule has 1 rings (SSSR count). The van der Waals surface area contributed by atoms with Crippen LogP contribution in [0.5, 0.6) is 0 Å². The van der Waals surface area contributed by atoms with Gasteiger partial charge in [0.2, 0.25) is 15.9 Å². The van der Waals surface area contributed by atoms with Crippen LogP contribution in [-0.2, 0) is 14.8 Å². The van der Waals surface area contributed by atoms with Crippen LogP contribution in [0.2, 0.25) is 0 Å². The van der Waals surface area contributed by atoms with Crippen molar-refractivity contribution in [2.24, 2.45) is 0 Å². The SMILES string of the molecule is CCN(CC(=O)NC)S(=O)(=O)c1ccc(Br)cc1Br. The van der Waals surface area contributed by atoms with Gasteiger partial charge in [0.1, 0.15) is 0 Å². The van der Waals surface area contributed by atoms with Gasteiger partial charge in [0.15, 0.2) is 0 Å². The van der Waals surface area contributed by atoms with E-state index in [9.17, 15) is 13.2 Å². The first kappa shape index (κ1) is 16.6. The minimum absolute atomic E-state index is 0.140. The van der Waals surface area contributed by atoms with Crippen LogP contribution in [0.15, 0.2) is 32.0 Å². The van der Waals surface area contributed by atoms with Gasteiger partial charge in [0, 0.05) is 22.5 Å². The van der Waals surface area contributed by atoms with Crippen molar-refractivity contribution in [2.75, 3.05) is 20.1 Å². The largest absolute Gasteiger partial charge is 0.358 e. The third-order valence-corrected chi connectivity index (χ3v) is 5.85. The Morgan fingerprint density at radius 3 is 2.47 bits per heavy atom. The fraction of sp³-hybridized carbons (Fsp3) is 0.364. The van der Waals surface area contributed by atoms with E-state index >= 15 is 0 Å². The van der Waals surface area contributed by atoms with Crippen LogP contribution in [0, 0.1) is 0 Å². The average Bonchev–Trinajstić information content (AvgIpc) is 2.34. The second-order valence-electron chi connectivity index (χ2n) is 3.68. The molecule has 1 N–H and O–H groups in total. The van der Waals surface area contributed by atoms with Crippen molar-refractivity contribution >= 4 is 47.8 Å². The predicted octanol–water partition coefficient (Wildman–Crippen LogP) is 1.97. The monoisotopic (exact) mass is 412 g/mol. The van der Waals surface area contributed by atoms with Crippen molar-refractivity contribution in [3.63, 3.8) is 0 Å². The number of hydrogen-bond donors (Lipinski definition) is 1. The molecule has 0 bridgehead atoms. The highest BCUT2D eigenvalue weighted by atomic mass is 79.9. The Kier molecular flexibility index (Phi) is 5.97. The van der Waals surface area contributed by atoms with Gasteiger partial charge in [-0.25, -0.2) is 8.42 Å². The lowest BCUT2D eigenvalue weighted by molar-refractivity contribution is -0.120. The van der Waals surface area contributed by atoms with Crippen molar-refractivity contribution in [2.45, 2.75) is 11.8 Å². The van der Waals surface area contributed by atoms with E-state index in [1.807, 2.05) is 0 Å². The van der Waals surface area contributed by atoms with Gasteiger partial charge >= 0.3 is 0 Å². The van der Waals surface area contributed by atoms with Crippen molar-refractivity contribution < 1.29 is 13.2 Å². The summed E-state index contributed by atoms with van der Waals surface area (Å²) in [7, 11) is -2.23. The number of nitrogens with one attached hydrogen (secondary N) is 1. The number of benzene rings is 1. The molecule has 1 aromatic rings. The maximum absolute atomic E-state index is 12.4. The minimum atomic E-state index is -3.70. The average molecular weight is 414 g/mol. The van der Waals surface area contributed by atoms with E-state index < -0.39 is 10.0 Å². The Morgan fingerprint density at radius 2 is 2.00 bits per heavy atom. The highest BCUT2D eigenvalue weighted by Crippen LogP contribution is 2.27. The second kappa shape index (κ2) is 6.83. The fourth-order valence-corrected chi connectivity index (χ4v) is 4.54. The third-order valence-electron chi connectivity index (χ3n) is 2.46. The first-order valence-corrected chi connectivity index (χ1v) is 8.51. The second-order valence-corrected chi connectivity index (χ2v) is 7.36. The van der Waals surface area contributed by atoms with E-state index in [-0.39, 0.29) is 23.9 Å². The van der Waals surface area contributed by atoms with E-state index in [4.69, 9.17) is 0 Å². The summed E-state index contributed by atoms with van der Waals surface area (Å²) >= 11 is 6.49. The molecule has 0 aromatic heterocycles. The number of sulfonamides is 1. The number of carbonyl (C=O) groups is 1. The van der Waals surface area contributed by atoms with Gasteiger partial charge in [-0.3, -0.25) is 4.79 Å². The number of amides is 1. The normalized spacial score (nSPS) is 11.6. The van der Waals surface area contributed by atoms with Crippen LogP contribution in [-0.4, -0.2) is 38.8 Å². The summed E-state index contributed by atoms with van der Waals surface area (Å²) in [5, 5.41) is 2.41. The van der Waals surface area contributed by atoms with E-state index in [2.05, 4.69) is 37.2 Å². The number of hydrogen-bond acceptors (Lipinski definition) is 3. The van der Waals surface area contributed by atoms with Crippen LogP contribution in [0.25, 0.3) is 0 Å². The zero-order valence-corrected chi connectivity index (χ0v) is 14.5. The zero-order valence-electron chi connectivity index (χ0n) is 10.5. The molecule has 0 aliphatic rings. The van der Waals surface area contributed by atoms with E-state index in [0.717, 1.165) is 8.78 Å². The van der Waals surface area contributed by atoms with Gasteiger partial charge in [0.05, 0.1) is 11.4 Å². The van der Waals surface area contributed by atoms with Crippen LogP contribution in [0.1, 0.15) is 6.92 Å². The topological polar surface area (TPSA) is 66.5 Å². The van der Waals surface area contributed by atoms with Gasteiger partial charge < -0.3 is 5.32 Å². The van der Waals surface area contributed by atoms with E-state index in [1.165, 1.54) is 13.1 Å². The lowest BCUT2D eigenvalue weighted by Crippen LogP contribution is -2.39. The molecule has 1 amide bonds. The zero-order chi connectivity index (χ0) is 14.6. The Morgan fingerprint density at radius 1 is 1.37 bits per heavy atom. The molecular weight excluding hydrogens is 400 g/mol. The highest BCUT2D eigenvalue weighted by molar-refractivity contribution is 9.11. The summed E-state index contributed by atoms with van der Waals surface area (Å²) in [5.74, 6) is -0.348. The number of halogens is 2. The summed E-state index contributed by atoms with van der Waals surface area (Å²) in [6.45, 7) is 1.71. The molecule has 0 aliphatic heterocycles. The van der Waals surface area contributed by atoms with Crippen molar-refractivity contribution in [3.05, 3.63) is 27.1 Å². The smallest absolute Gasteiger partial charge is 0.244 e.